The van der Waals surface area contributed by atoms with Crippen molar-refractivity contribution in [1.29, 1.82) is 0 Å². The normalized spacial score (nSPS) is 10.3. The Morgan fingerprint density at radius 2 is 1.85 bits per heavy atom. The number of aromatic hydroxyl groups is 1. The van der Waals surface area contributed by atoms with E-state index in [1.54, 1.807) is 11.0 Å². The van der Waals surface area contributed by atoms with Gasteiger partial charge >= 0.3 is 0 Å². The maximum atomic E-state index is 12.5. The van der Waals surface area contributed by atoms with E-state index in [0.717, 1.165) is 11.3 Å². The molecule has 0 atom stereocenters. The lowest BCUT2D eigenvalue weighted by Crippen LogP contribution is -2.30. The standard InChI is InChI=1S/C16H16ClNO2/c1-3-18(13-7-4-11(2)5-8-13)16(20)12-6-9-15(19)14(17)10-12/h4-10,19H,3H2,1-2H3. The molecule has 20 heavy (non-hydrogen) atoms. The monoisotopic (exact) mass is 289 g/mol. The van der Waals surface area contributed by atoms with E-state index in [9.17, 15) is 9.90 Å². The minimum absolute atomic E-state index is 0.0263. The van der Waals surface area contributed by atoms with Gasteiger partial charge in [-0.3, -0.25) is 4.79 Å². The van der Waals surface area contributed by atoms with Gasteiger partial charge in [0.15, 0.2) is 0 Å². The van der Waals surface area contributed by atoms with Crippen molar-refractivity contribution < 1.29 is 9.90 Å². The van der Waals surface area contributed by atoms with E-state index < -0.39 is 0 Å². The third kappa shape index (κ3) is 2.94. The number of halogens is 1. The van der Waals surface area contributed by atoms with Gasteiger partial charge in [-0.1, -0.05) is 29.3 Å². The van der Waals surface area contributed by atoms with Crippen molar-refractivity contribution in [1.82, 2.24) is 0 Å². The summed E-state index contributed by atoms with van der Waals surface area (Å²) in [5, 5.41) is 9.59. The third-order valence-electron chi connectivity index (χ3n) is 3.10. The van der Waals surface area contributed by atoms with Crippen molar-refractivity contribution in [2.24, 2.45) is 0 Å². The zero-order chi connectivity index (χ0) is 14.7. The molecule has 2 aromatic rings. The van der Waals surface area contributed by atoms with E-state index in [1.165, 1.54) is 12.1 Å². The quantitative estimate of drug-likeness (QED) is 0.927. The minimum Gasteiger partial charge on any atom is -0.506 e. The summed E-state index contributed by atoms with van der Waals surface area (Å²) in [5.74, 6) is -0.167. The molecule has 4 heteroatoms. The van der Waals surface area contributed by atoms with E-state index >= 15 is 0 Å². The molecule has 0 aliphatic heterocycles. The van der Waals surface area contributed by atoms with Crippen LogP contribution in [0.2, 0.25) is 5.02 Å². The van der Waals surface area contributed by atoms with E-state index in [4.69, 9.17) is 11.6 Å². The SMILES string of the molecule is CCN(C(=O)c1ccc(O)c(Cl)c1)c1ccc(C)cc1. The molecule has 0 radical (unpaired) electrons. The highest BCUT2D eigenvalue weighted by Gasteiger charge is 2.17. The maximum absolute atomic E-state index is 12.5. The lowest BCUT2D eigenvalue weighted by atomic mass is 10.1. The van der Waals surface area contributed by atoms with Crippen molar-refractivity contribution in [2.75, 3.05) is 11.4 Å². The Morgan fingerprint density at radius 3 is 2.40 bits per heavy atom. The average Bonchev–Trinajstić information content (AvgIpc) is 2.44. The summed E-state index contributed by atoms with van der Waals surface area (Å²) in [5.41, 5.74) is 2.44. The fourth-order valence-corrected chi connectivity index (χ4v) is 2.14. The summed E-state index contributed by atoms with van der Waals surface area (Å²) >= 11 is 5.85. The molecule has 2 aromatic carbocycles. The molecule has 0 unspecified atom stereocenters. The molecule has 0 spiro atoms. The Balaban J connectivity index is 2.33. The second-order valence-corrected chi connectivity index (χ2v) is 4.96. The largest absolute Gasteiger partial charge is 0.506 e. The molecule has 3 nitrogen and oxygen atoms in total. The van der Waals surface area contributed by atoms with Gasteiger partial charge in [-0.15, -0.1) is 0 Å². The predicted octanol–water partition coefficient (Wildman–Crippen LogP) is 4.02. The number of carbonyl (C=O) groups is 1. The van der Waals surface area contributed by atoms with Crippen LogP contribution in [0.25, 0.3) is 0 Å². The molecule has 1 amide bonds. The second-order valence-electron chi connectivity index (χ2n) is 4.55. The van der Waals surface area contributed by atoms with Crippen molar-refractivity contribution in [3.63, 3.8) is 0 Å². The van der Waals surface area contributed by atoms with Crippen LogP contribution in [0.5, 0.6) is 5.75 Å². The van der Waals surface area contributed by atoms with E-state index in [1.807, 2.05) is 38.1 Å². The maximum Gasteiger partial charge on any atom is 0.258 e. The smallest absolute Gasteiger partial charge is 0.258 e. The fraction of sp³-hybridized carbons (Fsp3) is 0.188. The Kier molecular flexibility index (Phi) is 4.30. The zero-order valence-corrected chi connectivity index (χ0v) is 12.2. The van der Waals surface area contributed by atoms with Crippen LogP contribution in [0.3, 0.4) is 0 Å². The summed E-state index contributed by atoms with van der Waals surface area (Å²) in [6.07, 6.45) is 0. The van der Waals surface area contributed by atoms with Crippen LogP contribution < -0.4 is 4.90 Å². The van der Waals surface area contributed by atoms with Gasteiger partial charge in [0, 0.05) is 17.8 Å². The molecule has 104 valence electrons. The van der Waals surface area contributed by atoms with E-state index in [2.05, 4.69) is 0 Å². The van der Waals surface area contributed by atoms with Crippen molar-refractivity contribution >= 4 is 23.2 Å². The highest BCUT2D eigenvalue weighted by atomic mass is 35.5. The van der Waals surface area contributed by atoms with Crippen LogP contribution in [-0.2, 0) is 0 Å². The topological polar surface area (TPSA) is 40.5 Å². The highest BCUT2D eigenvalue weighted by Crippen LogP contribution is 2.25. The van der Waals surface area contributed by atoms with Gasteiger partial charge in [0.25, 0.3) is 5.91 Å². The van der Waals surface area contributed by atoms with Crippen molar-refractivity contribution in [3.05, 3.63) is 58.6 Å². The van der Waals surface area contributed by atoms with Crippen molar-refractivity contribution in [3.8, 4) is 5.75 Å². The Hall–Kier alpha value is -2.00. The van der Waals surface area contributed by atoms with E-state index in [-0.39, 0.29) is 16.7 Å². The summed E-state index contributed by atoms with van der Waals surface area (Å²) in [4.78, 5) is 14.2. The third-order valence-corrected chi connectivity index (χ3v) is 3.40. The molecule has 0 fully saturated rings. The van der Waals surface area contributed by atoms with Gasteiger partial charge in [-0.2, -0.15) is 0 Å². The molecule has 2 rings (SSSR count). The molecule has 0 saturated heterocycles. The predicted molar refractivity (Wildman–Crippen MR) is 81.6 cm³/mol. The van der Waals surface area contributed by atoms with Gasteiger partial charge in [-0.25, -0.2) is 0 Å². The first-order valence-electron chi connectivity index (χ1n) is 6.40. The summed E-state index contributed by atoms with van der Waals surface area (Å²) in [7, 11) is 0. The number of amides is 1. The molecular formula is C16H16ClNO2. The summed E-state index contributed by atoms with van der Waals surface area (Å²) in [6.45, 7) is 4.47. The average molecular weight is 290 g/mol. The minimum atomic E-state index is -0.141. The number of phenolic OH excluding ortho intramolecular Hbond substituents is 1. The molecular weight excluding hydrogens is 274 g/mol. The fourth-order valence-electron chi connectivity index (χ4n) is 1.96. The first kappa shape index (κ1) is 14.4. The highest BCUT2D eigenvalue weighted by molar-refractivity contribution is 6.32. The first-order chi connectivity index (χ1) is 9.52. The summed E-state index contributed by atoms with van der Waals surface area (Å²) < 4.78 is 0. The number of hydrogen-bond acceptors (Lipinski definition) is 2. The number of phenols is 1. The molecule has 0 heterocycles. The number of rotatable bonds is 3. The zero-order valence-electron chi connectivity index (χ0n) is 11.4. The number of hydrogen-bond donors (Lipinski definition) is 1. The Morgan fingerprint density at radius 1 is 1.20 bits per heavy atom. The van der Waals surface area contributed by atoms with Crippen molar-refractivity contribution in [2.45, 2.75) is 13.8 Å². The number of nitrogens with zero attached hydrogens (tertiary/aromatic N) is 1. The summed E-state index contributed by atoms with van der Waals surface area (Å²) in [6, 6.07) is 12.2. The van der Waals surface area contributed by atoms with Crippen LogP contribution >= 0.6 is 11.6 Å². The molecule has 0 aliphatic rings. The number of anilines is 1. The van der Waals surface area contributed by atoms with Gasteiger partial charge < -0.3 is 10.0 Å². The molecule has 0 aromatic heterocycles. The van der Waals surface area contributed by atoms with Gasteiger partial charge in [0.2, 0.25) is 0 Å². The van der Waals surface area contributed by atoms with Crippen LogP contribution in [0.1, 0.15) is 22.8 Å². The lowest BCUT2D eigenvalue weighted by Gasteiger charge is -2.21. The molecule has 0 aliphatic carbocycles. The number of benzene rings is 2. The molecule has 0 bridgehead atoms. The Labute approximate surface area is 123 Å². The van der Waals surface area contributed by atoms with Crippen LogP contribution in [0, 0.1) is 6.92 Å². The number of carbonyl (C=O) groups excluding carboxylic acids is 1. The second kappa shape index (κ2) is 5.97. The molecule has 0 saturated carbocycles. The number of aryl methyl sites for hydroxylation is 1. The van der Waals surface area contributed by atoms with Gasteiger partial charge in [0.1, 0.15) is 5.75 Å². The lowest BCUT2D eigenvalue weighted by molar-refractivity contribution is 0.0988. The molecule has 1 N–H and O–H groups in total. The Bertz CT molecular complexity index is 623. The van der Waals surface area contributed by atoms with Gasteiger partial charge in [-0.05, 0) is 44.2 Å². The van der Waals surface area contributed by atoms with Crippen LogP contribution in [-0.4, -0.2) is 17.6 Å². The van der Waals surface area contributed by atoms with E-state index in [0.29, 0.717) is 12.1 Å². The van der Waals surface area contributed by atoms with Crippen LogP contribution in [0.15, 0.2) is 42.5 Å². The first-order valence-corrected chi connectivity index (χ1v) is 6.77. The van der Waals surface area contributed by atoms with Crippen LogP contribution in [0.4, 0.5) is 5.69 Å². The van der Waals surface area contributed by atoms with Gasteiger partial charge in [0.05, 0.1) is 5.02 Å².